The summed E-state index contributed by atoms with van der Waals surface area (Å²) < 4.78 is 1.94. The molecule has 182 valence electrons. The highest BCUT2D eigenvalue weighted by Gasteiger charge is 2.48. The van der Waals surface area contributed by atoms with Gasteiger partial charge in [0.15, 0.2) is 5.65 Å². The van der Waals surface area contributed by atoms with Crippen molar-refractivity contribution in [3.8, 4) is 11.3 Å². The molecule has 0 spiro atoms. The fourth-order valence-corrected chi connectivity index (χ4v) is 5.57. The van der Waals surface area contributed by atoms with Crippen molar-refractivity contribution in [2.45, 2.75) is 31.2 Å². The first kappa shape index (κ1) is 22.3. The van der Waals surface area contributed by atoms with Crippen LogP contribution >= 0.6 is 0 Å². The van der Waals surface area contributed by atoms with Crippen LogP contribution in [0.15, 0.2) is 67.6 Å². The Kier molecular flexibility index (Phi) is 5.46. The molecule has 2 unspecified atom stereocenters. The van der Waals surface area contributed by atoms with E-state index >= 15 is 0 Å². The Morgan fingerprint density at radius 3 is 2.67 bits per heavy atom. The molecule has 2 aliphatic rings. The summed E-state index contributed by atoms with van der Waals surface area (Å²) in [6.45, 7) is 4.60. The van der Waals surface area contributed by atoms with Crippen LogP contribution in [0.5, 0.6) is 0 Å². The lowest BCUT2D eigenvalue weighted by Crippen LogP contribution is -2.44. The summed E-state index contributed by atoms with van der Waals surface area (Å²) in [4.78, 5) is 27.6. The molecule has 1 aliphatic carbocycles. The van der Waals surface area contributed by atoms with Gasteiger partial charge in [0, 0.05) is 29.9 Å². The zero-order valence-corrected chi connectivity index (χ0v) is 19.5. The van der Waals surface area contributed by atoms with Crippen molar-refractivity contribution < 1.29 is 9.90 Å². The maximum Gasteiger partial charge on any atom is 0.256 e. The number of fused-ring (bicyclic) bond motifs is 3. The molecule has 4 heterocycles. The molecule has 10 heteroatoms. The summed E-state index contributed by atoms with van der Waals surface area (Å²) in [6, 6.07) is 12.7. The highest BCUT2D eigenvalue weighted by molar-refractivity contribution is 6.04. The van der Waals surface area contributed by atoms with Crippen LogP contribution in [-0.4, -0.2) is 59.5 Å². The fraction of sp³-hybridized carbons (Fsp3) is 0.269. The zero-order valence-electron chi connectivity index (χ0n) is 19.5. The fourth-order valence-electron chi connectivity index (χ4n) is 5.57. The van der Waals surface area contributed by atoms with Gasteiger partial charge in [0.05, 0.1) is 11.4 Å². The first-order valence-corrected chi connectivity index (χ1v) is 11.9. The molecule has 1 saturated carbocycles. The van der Waals surface area contributed by atoms with E-state index in [-0.39, 0.29) is 18.0 Å². The van der Waals surface area contributed by atoms with Gasteiger partial charge in [-0.1, -0.05) is 24.8 Å². The number of nitrogens with two attached hydrogens (primary N) is 1. The number of likely N-dealkylation sites (tertiary alicyclic amines) is 1. The Labute approximate surface area is 207 Å². The molecule has 4 N–H and O–H groups in total. The van der Waals surface area contributed by atoms with Gasteiger partial charge in [-0.3, -0.25) is 9.69 Å². The second-order valence-electron chi connectivity index (χ2n) is 9.32. The molecule has 3 aromatic heterocycles. The number of pyridine rings is 1. The summed E-state index contributed by atoms with van der Waals surface area (Å²) in [5.41, 5.74) is 8.94. The molecule has 2 bridgehead atoms. The van der Waals surface area contributed by atoms with Crippen LogP contribution in [0, 0.1) is 5.92 Å². The van der Waals surface area contributed by atoms with Crippen LogP contribution in [0.2, 0.25) is 0 Å². The number of aliphatic hydroxyl groups is 1. The summed E-state index contributed by atoms with van der Waals surface area (Å²) in [5, 5.41) is 18.9. The van der Waals surface area contributed by atoms with Crippen molar-refractivity contribution >= 4 is 28.6 Å². The Bertz CT molecular complexity index is 1440. The minimum absolute atomic E-state index is 0.0484. The SMILES string of the molecule is C=CC(O)N1C[C@H]2CC(n3nc(-c4ccc(C(=O)Nc5ccccn5)cc4)c4c(N)ncnc43)[C@H]1C2. The number of anilines is 2. The number of hydrogen-bond donors (Lipinski definition) is 3. The van der Waals surface area contributed by atoms with Crippen LogP contribution in [0.1, 0.15) is 29.2 Å². The number of nitrogens with one attached hydrogen (secondary N) is 1. The topological polar surface area (TPSA) is 135 Å². The lowest BCUT2D eigenvalue weighted by Gasteiger charge is -2.35. The molecule has 0 radical (unpaired) electrons. The van der Waals surface area contributed by atoms with Crippen LogP contribution in [0.25, 0.3) is 22.3 Å². The molecule has 1 aromatic carbocycles. The molecule has 1 aliphatic heterocycles. The second kappa shape index (κ2) is 8.81. The summed E-state index contributed by atoms with van der Waals surface area (Å²) in [5.74, 6) is 1.07. The highest BCUT2D eigenvalue weighted by atomic mass is 16.3. The van der Waals surface area contributed by atoms with Gasteiger partial charge in [0.2, 0.25) is 0 Å². The third kappa shape index (κ3) is 3.71. The summed E-state index contributed by atoms with van der Waals surface area (Å²) >= 11 is 0. The molecule has 6 rings (SSSR count). The third-order valence-corrected chi connectivity index (χ3v) is 7.20. The van der Waals surface area contributed by atoms with Crippen molar-refractivity contribution in [2.24, 2.45) is 5.92 Å². The largest absolute Gasteiger partial charge is 0.383 e. The van der Waals surface area contributed by atoms with Crippen molar-refractivity contribution in [1.82, 2.24) is 29.6 Å². The van der Waals surface area contributed by atoms with E-state index in [1.165, 1.54) is 6.33 Å². The number of piperidine rings is 1. The first-order valence-electron chi connectivity index (χ1n) is 11.9. The lowest BCUT2D eigenvalue weighted by molar-refractivity contribution is 0.00222. The minimum atomic E-state index is -0.687. The van der Waals surface area contributed by atoms with E-state index in [0.29, 0.717) is 39.8 Å². The highest BCUT2D eigenvalue weighted by Crippen LogP contribution is 2.46. The number of rotatable bonds is 6. The van der Waals surface area contributed by atoms with Gasteiger partial charge >= 0.3 is 0 Å². The van der Waals surface area contributed by atoms with E-state index in [2.05, 4.69) is 31.7 Å². The molecule has 2 fully saturated rings. The predicted molar refractivity (Wildman–Crippen MR) is 136 cm³/mol. The standard InChI is InChI=1S/C26H26N8O2/c1-2-21(35)33-13-15-11-18(33)19(12-15)34-25-22(24(27)29-14-30-25)23(32-34)16-6-8-17(9-7-16)26(36)31-20-5-3-4-10-28-20/h2-10,14-15,18-19,21,35H,1,11-13H2,(H2,27,29,30)(H,28,31,36)/t15-,18-,19?,21?/m1/s1. The van der Waals surface area contributed by atoms with E-state index in [9.17, 15) is 9.90 Å². The monoisotopic (exact) mass is 482 g/mol. The molecular formula is C26H26N8O2. The van der Waals surface area contributed by atoms with Crippen LogP contribution in [0.3, 0.4) is 0 Å². The first-order chi connectivity index (χ1) is 17.5. The van der Waals surface area contributed by atoms with Gasteiger partial charge in [-0.2, -0.15) is 5.10 Å². The number of carbonyl (C=O) groups excluding carboxylic acids is 1. The number of carbonyl (C=O) groups is 1. The van der Waals surface area contributed by atoms with Gasteiger partial charge in [0.25, 0.3) is 5.91 Å². The van der Waals surface area contributed by atoms with Gasteiger partial charge < -0.3 is 16.2 Å². The normalized spacial score (nSPS) is 22.1. The average molecular weight is 483 g/mol. The quantitative estimate of drug-likeness (QED) is 0.357. The van der Waals surface area contributed by atoms with Gasteiger partial charge in [0.1, 0.15) is 29.9 Å². The maximum absolute atomic E-state index is 12.6. The van der Waals surface area contributed by atoms with E-state index < -0.39 is 6.23 Å². The molecule has 1 saturated heterocycles. The smallest absolute Gasteiger partial charge is 0.256 e. The number of aromatic nitrogens is 5. The van der Waals surface area contributed by atoms with E-state index in [1.807, 2.05) is 22.9 Å². The van der Waals surface area contributed by atoms with E-state index in [4.69, 9.17) is 10.8 Å². The Morgan fingerprint density at radius 2 is 1.94 bits per heavy atom. The van der Waals surface area contributed by atoms with Crippen LogP contribution < -0.4 is 11.1 Å². The van der Waals surface area contributed by atoms with Gasteiger partial charge in [-0.05, 0) is 49.1 Å². The van der Waals surface area contributed by atoms with Crippen LogP contribution in [-0.2, 0) is 0 Å². The predicted octanol–water partition coefficient (Wildman–Crippen LogP) is 2.86. The summed E-state index contributed by atoms with van der Waals surface area (Å²) in [7, 11) is 0. The average Bonchev–Trinajstić information content (AvgIpc) is 3.62. The molecule has 36 heavy (non-hydrogen) atoms. The number of hydrogen-bond acceptors (Lipinski definition) is 8. The minimum Gasteiger partial charge on any atom is -0.383 e. The molecular weight excluding hydrogens is 456 g/mol. The molecule has 4 atom stereocenters. The molecule has 10 nitrogen and oxygen atoms in total. The summed E-state index contributed by atoms with van der Waals surface area (Å²) in [6.07, 6.45) is 5.91. The van der Waals surface area contributed by atoms with Crippen molar-refractivity contribution in [1.29, 1.82) is 0 Å². The van der Waals surface area contributed by atoms with Crippen molar-refractivity contribution in [3.63, 3.8) is 0 Å². The number of nitrogen functional groups attached to an aromatic ring is 1. The third-order valence-electron chi connectivity index (χ3n) is 7.20. The van der Waals surface area contributed by atoms with Crippen molar-refractivity contribution in [3.05, 3.63) is 73.2 Å². The lowest BCUT2D eigenvalue weighted by atomic mass is 10.1. The van der Waals surface area contributed by atoms with Gasteiger partial charge in [-0.25, -0.2) is 19.6 Å². The van der Waals surface area contributed by atoms with Crippen molar-refractivity contribution in [2.75, 3.05) is 17.6 Å². The number of benzene rings is 1. The van der Waals surface area contributed by atoms with E-state index in [0.717, 1.165) is 24.9 Å². The Balaban J connectivity index is 1.34. The number of aliphatic hydroxyl groups excluding tert-OH is 1. The second-order valence-corrected chi connectivity index (χ2v) is 9.32. The van der Waals surface area contributed by atoms with E-state index in [1.54, 1.807) is 36.5 Å². The zero-order chi connectivity index (χ0) is 24.8. The number of nitrogens with zero attached hydrogens (tertiary/aromatic N) is 6. The van der Waals surface area contributed by atoms with Gasteiger partial charge in [-0.15, -0.1) is 0 Å². The Morgan fingerprint density at radius 1 is 1.14 bits per heavy atom. The number of amides is 1. The van der Waals surface area contributed by atoms with Crippen LogP contribution in [0.4, 0.5) is 11.6 Å². The molecule has 1 amide bonds. The maximum atomic E-state index is 12.6. The molecule has 4 aromatic rings. The Hall–Kier alpha value is -4.15.